The zero-order valence-electron chi connectivity index (χ0n) is 20.4. The first-order valence-corrected chi connectivity index (χ1v) is 11.1. The molecule has 7 heteroatoms. The van der Waals surface area contributed by atoms with E-state index in [-0.39, 0.29) is 6.54 Å². The van der Waals surface area contributed by atoms with Crippen LogP contribution in [-0.2, 0) is 16.0 Å². The van der Waals surface area contributed by atoms with Crippen molar-refractivity contribution in [2.75, 3.05) is 11.4 Å². The van der Waals surface area contributed by atoms with Crippen LogP contribution in [0.3, 0.4) is 0 Å². The summed E-state index contributed by atoms with van der Waals surface area (Å²) in [6, 6.07) is 16.8. The minimum atomic E-state index is -0.822. The van der Waals surface area contributed by atoms with Crippen LogP contribution in [0, 0.1) is 0 Å². The van der Waals surface area contributed by atoms with Gasteiger partial charge in [-0.3, -0.25) is 4.90 Å². The van der Waals surface area contributed by atoms with Gasteiger partial charge in [0.25, 0.3) is 0 Å². The summed E-state index contributed by atoms with van der Waals surface area (Å²) in [5.41, 5.74) is 0.984. The molecule has 2 N–H and O–H groups in total. The van der Waals surface area contributed by atoms with E-state index in [1.54, 1.807) is 43.9 Å². The Morgan fingerprint density at radius 1 is 0.939 bits per heavy atom. The van der Waals surface area contributed by atoms with Crippen molar-refractivity contribution in [2.45, 2.75) is 71.8 Å². The van der Waals surface area contributed by atoms with Crippen molar-refractivity contribution in [3.05, 3.63) is 65.7 Å². The average Bonchev–Trinajstić information content (AvgIpc) is 2.70. The molecule has 2 aromatic carbocycles. The third-order valence-electron chi connectivity index (χ3n) is 4.45. The lowest BCUT2D eigenvalue weighted by Crippen LogP contribution is -2.36. The number of aliphatic hydroxyl groups is 1. The van der Waals surface area contributed by atoms with Crippen LogP contribution in [0.5, 0.6) is 0 Å². The van der Waals surface area contributed by atoms with Gasteiger partial charge in [0.05, 0.1) is 12.6 Å². The first kappa shape index (κ1) is 26.2. The molecule has 0 saturated heterocycles. The quantitative estimate of drug-likeness (QED) is 0.568. The molecule has 0 aliphatic rings. The van der Waals surface area contributed by atoms with Gasteiger partial charge in [0.1, 0.15) is 11.2 Å². The number of anilines is 1. The molecule has 33 heavy (non-hydrogen) atoms. The number of carbonyl (C=O) groups is 2. The first-order chi connectivity index (χ1) is 15.3. The lowest BCUT2D eigenvalue weighted by atomic mass is 10.1. The number of benzene rings is 2. The monoisotopic (exact) mass is 456 g/mol. The summed E-state index contributed by atoms with van der Waals surface area (Å²) in [4.78, 5) is 26.3. The third-order valence-corrected chi connectivity index (χ3v) is 4.45. The number of hydrogen-bond acceptors (Lipinski definition) is 5. The van der Waals surface area contributed by atoms with Crippen LogP contribution in [0.2, 0.25) is 0 Å². The van der Waals surface area contributed by atoms with E-state index in [1.165, 1.54) is 0 Å². The molecule has 0 aromatic heterocycles. The molecule has 0 saturated carbocycles. The van der Waals surface area contributed by atoms with Crippen molar-refractivity contribution < 1.29 is 24.2 Å². The van der Waals surface area contributed by atoms with E-state index in [4.69, 9.17) is 9.47 Å². The molecule has 0 aliphatic heterocycles. The van der Waals surface area contributed by atoms with Gasteiger partial charge in [0, 0.05) is 12.2 Å². The highest BCUT2D eigenvalue weighted by Crippen LogP contribution is 2.26. The predicted molar refractivity (Wildman–Crippen MR) is 129 cm³/mol. The molecule has 0 spiro atoms. The molecule has 0 fully saturated rings. The van der Waals surface area contributed by atoms with E-state index in [2.05, 4.69) is 5.32 Å². The SMILES string of the molecule is CC(C)(C)OC(=O)NCCC(O)c1cccc(N(Cc2ccccc2)C(=O)OC(C)(C)C)c1. The summed E-state index contributed by atoms with van der Waals surface area (Å²) in [7, 11) is 0. The van der Waals surface area contributed by atoms with Crippen LogP contribution in [0.4, 0.5) is 15.3 Å². The van der Waals surface area contributed by atoms with Gasteiger partial charge in [-0.25, -0.2) is 9.59 Å². The lowest BCUT2D eigenvalue weighted by molar-refractivity contribution is 0.0515. The van der Waals surface area contributed by atoms with Gasteiger partial charge >= 0.3 is 12.2 Å². The van der Waals surface area contributed by atoms with Crippen LogP contribution < -0.4 is 10.2 Å². The van der Waals surface area contributed by atoms with E-state index in [0.29, 0.717) is 24.2 Å². The molecule has 7 nitrogen and oxygen atoms in total. The van der Waals surface area contributed by atoms with E-state index < -0.39 is 29.5 Å². The fourth-order valence-electron chi connectivity index (χ4n) is 3.04. The highest BCUT2D eigenvalue weighted by molar-refractivity contribution is 5.88. The van der Waals surface area contributed by atoms with Crippen molar-refractivity contribution in [1.29, 1.82) is 0 Å². The Morgan fingerprint density at radius 3 is 2.18 bits per heavy atom. The highest BCUT2D eigenvalue weighted by Gasteiger charge is 2.24. The summed E-state index contributed by atoms with van der Waals surface area (Å²) >= 11 is 0. The highest BCUT2D eigenvalue weighted by atomic mass is 16.6. The number of ether oxygens (including phenoxy) is 2. The zero-order chi connectivity index (χ0) is 24.6. The molecular weight excluding hydrogens is 420 g/mol. The normalized spacial score (nSPS) is 12.6. The van der Waals surface area contributed by atoms with Crippen molar-refractivity contribution in [3.63, 3.8) is 0 Å². The predicted octanol–water partition coefficient (Wildman–Crippen LogP) is 5.58. The smallest absolute Gasteiger partial charge is 0.415 e. The summed E-state index contributed by atoms with van der Waals surface area (Å²) in [6.45, 7) is 11.4. The Kier molecular flexibility index (Phi) is 8.88. The molecule has 2 amide bonds. The van der Waals surface area contributed by atoms with Gasteiger partial charge in [-0.2, -0.15) is 0 Å². The summed E-state index contributed by atoms with van der Waals surface area (Å²) in [5.74, 6) is 0. The van der Waals surface area contributed by atoms with E-state index in [0.717, 1.165) is 5.56 Å². The Labute approximate surface area is 196 Å². The maximum absolute atomic E-state index is 13.0. The van der Waals surface area contributed by atoms with Gasteiger partial charge < -0.3 is 19.9 Å². The van der Waals surface area contributed by atoms with Gasteiger partial charge in [0.15, 0.2) is 0 Å². The zero-order valence-corrected chi connectivity index (χ0v) is 20.4. The number of carbonyl (C=O) groups excluding carboxylic acids is 2. The molecule has 2 aromatic rings. The summed E-state index contributed by atoms with van der Waals surface area (Å²) < 4.78 is 10.8. The maximum atomic E-state index is 13.0. The fraction of sp³-hybridized carbons (Fsp3) is 0.462. The van der Waals surface area contributed by atoms with Crippen LogP contribution >= 0.6 is 0 Å². The number of nitrogens with one attached hydrogen (secondary N) is 1. The van der Waals surface area contributed by atoms with Crippen molar-refractivity contribution in [2.24, 2.45) is 0 Å². The van der Waals surface area contributed by atoms with E-state index in [1.807, 2.05) is 57.2 Å². The fourth-order valence-corrected chi connectivity index (χ4v) is 3.04. The lowest BCUT2D eigenvalue weighted by Gasteiger charge is -2.28. The Bertz CT molecular complexity index is 916. The average molecular weight is 457 g/mol. The van der Waals surface area contributed by atoms with Crippen molar-refractivity contribution >= 4 is 17.9 Å². The third kappa shape index (κ3) is 9.53. The topological polar surface area (TPSA) is 88.1 Å². The summed E-state index contributed by atoms with van der Waals surface area (Å²) in [6.07, 6.45) is -1.52. The first-order valence-electron chi connectivity index (χ1n) is 11.1. The number of amides is 2. The second kappa shape index (κ2) is 11.2. The van der Waals surface area contributed by atoms with Crippen LogP contribution in [0.1, 0.15) is 65.2 Å². The van der Waals surface area contributed by atoms with Crippen LogP contribution in [0.25, 0.3) is 0 Å². The molecule has 1 atom stereocenters. The van der Waals surface area contributed by atoms with E-state index in [9.17, 15) is 14.7 Å². The van der Waals surface area contributed by atoms with Crippen LogP contribution in [-0.4, -0.2) is 35.0 Å². The minimum Gasteiger partial charge on any atom is -0.444 e. The van der Waals surface area contributed by atoms with Crippen molar-refractivity contribution in [3.8, 4) is 0 Å². The van der Waals surface area contributed by atoms with E-state index >= 15 is 0 Å². The molecule has 0 aliphatic carbocycles. The van der Waals surface area contributed by atoms with Crippen molar-refractivity contribution in [1.82, 2.24) is 5.32 Å². The molecule has 2 rings (SSSR count). The van der Waals surface area contributed by atoms with Gasteiger partial charge in [0.2, 0.25) is 0 Å². The minimum absolute atomic E-state index is 0.250. The molecule has 0 heterocycles. The van der Waals surface area contributed by atoms with Gasteiger partial charge in [-0.15, -0.1) is 0 Å². The second-order valence-corrected chi connectivity index (χ2v) is 9.88. The molecule has 1 unspecified atom stereocenters. The number of rotatable bonds is 7. The summed E-state index contributed by atoms with van der Waals surface area (Å²) in [5, 5.41) is 13.3. The largest absolute Gasteiger partial charge is 0.444 e. The molecule has 180 valence electrons. The number of aliphatic hydroxyl groups excluding tert-OH is 1. The Hall–Kier alpha value is -3.06. The number of nitrogens with zero attached hydrogens (tertiary/aromatic N) is 1. The second-order valence-electron chi connectivity index (χ2n) is 9.88. The Balaban J connectivity index is 2.13. The molecule has 0 radical (unpaired) electrons. The molecule has 0 bridgehead atoms. The number of alkyl carbamates (subject to hydrolysis) is 1. The number of hydrogen-bond donors (Lipinski definition) is 2. The standard InChI is InChI=1S/C26H36N2O5/c1-25(2,3)32-23(30)27-16-15-22(29)20-13-10-14-21(17-20)28(24(31)33-26(4,5)6)18-19-11-8-7-9-12-19/h7-14,17,22,29H,15-16,18H2,1-6H3,(H,27,30). The van der Waals surface area contributed by atoms with Gasteiger partial charge in [-0.1, -0.05) is 42.5 Å². The van der Waals surface area contributed by atoms with Crippen LogP contribution in [0.15, 0.2) is 54.6 Å². The maximum Gasteiger partial charge on any atom is 0.415 e. The molecular formula is C26H36N2O5. The van der Waals surface area contributed by atoms with Gasteiger partial charge in [-0.05, 0) is 71.2 Å². The Morgan fingerprint density at radius 2 is 1.58 bits per heavy atom.